The van der Waals surface area contributed by atoms with Gasteiger partial charge < -0.3 is 5.73 Å². The van der Waals surface area contributed by atoms with E-state index in [-0.39, 0.29) is 0 Å². The Morgan fingerprint density at radius 3 is 2.88 bits per heavy atom. The van der Waals surface area contributed by atoms with Gasteiger partial charge in [-0.15, -0.1) is 0 Å². The highest BCUT2D eigenvalue weighted by atomic mass is 16.2. The van der Waals surface area contributed by atoms with Gasteiger partial charge in [0.15, 0.2) is 0 Å². The Kier molecular flexibility index (Phi) is 1.15. The van der Waals surface area contributed by atoms with Gasteiger partial charge in [-0.3, -0.25) is 0 Å². The van der Waals surface area contributed by atoms with E-state index in [0.29, 0.717) is 6.42 Å². The van der Waals surface area contributed by atoms with Crippen molar-refractivity contribution in [3.8, 4) is 0 Å². The van der Waals surface area contributed by atoms with Gasteiger partial charge in [0.2, 0.25) is 0 Å². The standard InChI is InChI=1S/C4H6N3O/c5-4(8)7-3-1-2-6-7/h2-3H,1H2,(H2,5,8). The average molecular weight is 112 g/mol. The van der Waals surface area contributed by atoms with E-state index in [4.69, 9.17) is 5.73 Å². The molecule has 1 radical (unpaired) electrons. The van der Waals surface area contributed by atoms with Gasteiger partial charge in [0.1, 0.15) is 0 Å². The number of amides is 2. The number of hydrogen-bond acceptors (Lipinski definition) is 2. The van der Waals surface area contributed by atoms with Crippen LogP contribution in [0.2, 0.25) is 0 Å². The molecule has 0 aliphatic carbocycles. The molecular formula is C4H6N3O. The van der Waals surface area contributed by atoms with Gasteiger partial charge in [-0.2, -0.15) is 5.10 Å². The van der Waals surface area contributed by atoms with Crippen LogP contribution in [-0.4, -0.2) is 17.3 Å². The third kappa shape index (κ3) is 0.776. The van der Waals surface area contributed by atoms with Crippen LogP contribution in [-0.2, 0) is 0 Å². The Morgan fingerprint density at radius 1 is 1.88 bits per heavy atom. The number of hydrogen-bond donors (Lipinski definition) is 1. The molecular weight excluding hydrogens is 106 g/mol. The van der Waals surface area contributed by atoms with E-state index in [0.717, 1.165) is 5.01 Å². The lowest BCUT2D eigenvalue weighted by Crippen LogP contribution is -2.26. The fourth-order valence-electron chi connectivity index (χ4n) is 0.476. The number of primary amides is 1. The smallest absolute Gasteiger partial charge is 0.335 e. The average Bonchev–Trinajstić information content (AvgIpc) is 2.12. The SMILES string of the molecule is NC(=O)N1[CH]CC=N1. The van der Waals surface area contributed by atoms with Crippen molar-refractivity contribution in [2.75, 3.05) is 0 Å². The van der Waals surface area contributed by atoms with E-state index in [1.807, 2.05) is 0 Å². The summed E-state index contributed by atoms with van der Waals surface area (Å²) < 4.78 is 0. The number of carbonyl (C=O) groups excluding carboxylic acids is 1. The zero-order valence-corrected chi connectivity index (χ0v) is 4.24. The van der Waals surface area contributed by atoms with Crippen molar-refractivity contribution in [2.45, 2.75) is 6.42 Å². The van der Waals surface area contributed by atoms with Crippen molar-refractivity contribution in [2.24, 2.45) is 10.8 Å². The van der Waals surface area contributed by atoms with Gasteiger partial charge in [0, 0.05) is 12.6 Å². The van der Waals surface area contributed by atoms with E-state index in [1.54, 1.807) is 12.8 Å². The first-order valence-corrected chi connectivity index (χ1v) is 2.25. The Labute approximate surface area is 47.0 Å². The summed E-state index contributed by atoms with van der Waals surface area (Å²) in [6.45, 7) is 1.61. The number of urea groups is 1. The van der Waals surface area contributed by atoms with Crippen molar-refractivity contribution in [1.29, 1.82) is 0 Å². The third-order valence-electron chi connectivity index (χ3n) is 0.816. The van der Waals surface area contributed by atoms with Crippen LogP contribution < -0.4 is 5.73 Å². The monoisotopic (exact) mass is 112 g/mol. The highest BCUT2D eigenvalue weighted by Crippen LogP contribution is 2.02. The zero-order valence-electron chi connectivity index (χ0n) is 4.24. The molecule has 43 valence electrons. The maximum absolute atomic E-state index is 10.2. The molecule has 1 aliphatic rings. The maximum atomic E-state index is 10.2. The minimum atomic E-state index is -0.529. The van der Waals surface area contributed by atoms with E-state index >= 15 is 0 Å². The third-order valence-corrected chi connectivity index (χ3v) is 0.816. The molecule has 0 saturated carbocycles. The largest absolute Gasteiger partial charge is 0.350 e. The van der Waals surface area contributed by atoms with Crippen molar-refractivity contribution in [3.05, 3.63) is 6.54 Å². The second-order valence-corrected chi connectivity index (χ2v) is 1.40. The molecule has 1 aliphatic heterocycles. The highest BCUT2D eigenvalue weighted by molar-refractivity contribution is 5.76. The molecule has 2 N–H and O–H groups in total. The first kappa shape index (κ1) is 5.08. The molecule has 1 rings (SSSR count). The van der Waals surface area contributed by atoms with Crippen LogP contribution in [0.1, 0.15) is 6.42 Å². The maximum Gasteiger partial charge on any atom is 0.335 e. The molecule has 1 heterocycles. The van der Waals surface area contributed by atoms with Crippen molar-refractivity contribution in [1.82, 2.24) is 5.01 Å². The second-order valence-electron chi connectivity index (χ2n) is 1.40. The molecule has 0 aromatic carbocycles. The molecule has 8 heavy (non-hydrogen) atoms. The molecule has 0 saturated heterocycles. The summed E-state index contributed by atoms with van der Waals surface area (Å²) in [6, 6.07) is -0.529. The number of nitrogens with two attached hydrogens (primary N) is 1. The highest BCUT2D eigenvalue weighted by Gasteiger charge is 2.10. The minimum absolute atomic E-state index is 0.529. The summed E-state index contributed by atoms with van der Waals surface area (Å²) in [5.41, 5.74) is 4.84. The fourth-order valence-corrected chi connectivity index (χ4v) is 0.476. The van der Waals surface area contributed by atoms with E-state index in [1.165, 1.54) is 0 Å². The summed E-state index contributed by atoms with van der Waals surface area (Å²) in [4.78, 5) is 10.2. The fraction of sp³-hybridized carbons (Fsp3) is 0.250. The van der Waals surface area contributed by atoms with Gasteiger partial charge in [-0.25, -0.2) is 9.80 Å². The molecule has 4 nitrogen and oxygen atoms in total. The van der Waals surface area contributed by atoms with Crippen LogP contribution in [0.25, 0.3) is 0 Å². The molecule has 0 atom stereocenters. The minimum Gasteiger partial charge on any atom is -0.350 e. The quantitative estimate of drug-likeness (QED) is 0.468. The first-order valence-electron chi connectivity index (χ1n) is 2.25. The zero-order chi connectivity index (χ0) is 5.98. The molecule has 2 amide bonds. The molecule has 0 aromatic heterocycles. The van der Waals surface area contributed by atoms with Crippen molar-refractivity contribution < 1.29 is 4.79 Å². The van der Waals surface area contributed by atoms with Gasteiger partial charge in [-0.05, 0) is 0 Å². The molecule has 0 bridgehead atoms. The van der Waals surface area contributed by atoms with Gasteiger partial charge in [0.25, 0.3) is 0 Å². The first-order chi connectivity index (χ1) is 3.80. The molecule has 4 heteroatoms. The molecule has 0 fully saturated rings. The molecule has 0 unspecified atom stereocenters. The van der Waals surface area contributed by atoms with Crippen LogP contribution in [0.15, 0.2) is 5.10 Å². The summed E-state index contributed by atoms with van der Waals surface area (Å²) in [5.74, 6) is 0. The number of nitrogens with zero attached hydrogens (tertiary/aromatic N) is 2. The van der Waals surface area contributed by atoms with Crippen LogP contribution >= 0.6 is 0 Å². The van der Waals surface area contributed by atoms with E-state index in [2.05, 4.69) is 5.10 Å². The molecule has 0 spiro atoms. The van der Waals surface area contributed by atoms with Crippen LogP contribution in [0.5, 0.6) is 0 Å². The lowest BCUT2D eigenvalue weighted by molar-refractivity contribution is 0.223. The van der Waals surface area contributed by atoms with Gasteiger partial charge >= 0.3 is 6.03 Å². The van der Waals surface area contributed by atoms with Crippen molar-refractivity contribution >= 4 is 12.2 Å². The normalized spacial score (nSPS) is 17.2. The summed E-state index contributed by atoms with van der Waals surface area (Å²) in [7, 11) is 0. The summed E-state index contributed by atoms with van der Waals surface area (Å²) >= 11 is 0. The number of hydrazone groups is 1. The lowest BCUT2D eigenvalue weighted by atomic mass is 10.5. The van der Waals surface area contributed by atoms with Gasteiger partial charge in [0.05, 0.1) is 6.54 Å². The van der Waals surface area contributed by atoms with Crippen LogP contribution in [0, 0.1) is 6.54 Å². The van der Waals surface area contributed by atoms with E-state index < -0.39 is 6.03 Å². The van der Waals surface area contributed by atoms with E-state index in [9.17, 15) is 4.79 Å². The predicted molar refractivity (Wildman–Crippen MR) is 28.8 cm³/mol. The number of carbonyl (C=O) groups is 1. The Hall–Kier alpha value is -1.06. The summed E-state index contributed by atoms with van der Waals surface area (Å²) in [5, 5.41) is 4.72. The topological polar surface area (TPSA) is 58.7 Å². The van der Waals surface area contributed by atoms with Crippen LogP contribution in [0.3, 0.4) is 0 Å². The second kappa shape index (κ2) is 1.81. The van der Waals surface area contributed by atoms with Gasteiger partial charge in [-0.1, -0.05) is 0 Å². The number of rotatable bonds is 0. The molecule has 0 aromatic rings. The predicted octanol–water partition coefficient (Wildman–Crippen LogP) is -0.0816. The Balaban J connectivity index is 2.48. The van der Waals surface area contributed by atoms with Crippen LogP contribution in [0.4, 0.5) is 4.79 Å². The lowest BCUT2D eigenvalue weighted by Gasteiger charge is -2.03. The summed E-state index contributed by atoms with van der Waals surface area (Å²) in [6.07, 6.45) is 2.31. The Bertz CT molecular complexity index is 131. The Morgan fingerprint density at radius 2 is 2.62 bits per heavy atom. The van der Waals surface area contributed by atoms with Crippen molar-refractivity contribution in [3.63, 3.8) is 0 Å².